The number of hydrogen-bond acceptors (Lipinski definition) is 5. The molecule has 0 spiro atoms. The molecule has 0 radical (unpaired) electrons. The van der Waals surface area contributed by atoms with Crippen LogP contribution in [0.5, 0.6) is 0 Å². The van der Waals surface area contributed by atoms with Crippen LogP contribution >= 0.6 is 0 Å². The van der Waals surface area contributed by atoms with Gasteiger partial charge in [0.2, 0.25) is 10.0 Å². The number of anilines is 1. The zero-order valence-corrected chi connectivity index (χ0v) is 15.2. The van der Waals surface area contributed by atoms with Gasteiger partial charge in [-0.15, -0.1) is 0 Å². The first kappa shape index (κ1) is 17.0. The minimum absolute atomic E-state index is 0.191. The van der Waals surface area contributed by atoms with Crippen LogP contribution in [-0.4, -0.2) is 60.9 Å². The Bertz CT molecular complexity index is 902. The van der Waals surface area contributed by atoms with Gasteiger partial charge in [-0.05, 0) is 24.6 Å². The Morgan fingerprint density at radius 3 is 2.62 bits per heavy atom. The van der Waals surface area contributed by atoms with Crippen molar-refractivity contribution in [1.29, 1.82) is 0 Å². The molecule has 2 aliphatic heterocycles. The van der Waals surface area contributed by atoms with E-state index < -0.39 is 10.0 Å². The van der Waals surface area contributed by atoms with Gasteiger partial charge < -0.3 is 14.8 Å². The van der Waals surface area contributed by atoms with Crippen LogP contribution in [0.25, 0.3) is 0 Å². The van der Waals surface area contributed by atoms with Crippen molar-refractivity contribution in [2.45, 2.75) is 17.9 Å². The summed E-state index contributed by atoms with van der Waals surface area (Å²) in [6, 6.07) is 7.19. The van der Waals surface area contributed by atoms with Crippen LogP contribution in [0.3, 0.4) is 0 Å². The van der Waals surface area contributed by atoms with E-state index in [0.717, 1.165) is 12.2 Å². The number of piperazine rings is 1. The molecule has 1 saturated heterocycles. The average molecular weight is 375 g/mol. The Morgan fingerprint density at radius 1 is 1.08 bits per heavy atom. The Hall–Kier alpha value is -2.39. The smallest absolute Gasteiger partial charge is 0.267 e. The van der Waals surface area contributed by atoms with E-state index in [-0.39, 0.29) is 10.8 Å². The first-order chi connectivity index (χ1) is 12.6. The molecule has 9 heteroatoms. The van der Waals surface area contributed by atoms with Gasteiger partial charge in [0, 0.05) is 51.7 Å². The topological polar surface area (TPSA) is 87.5 Å². The first-order valence-electron chi connectivity index (χ1n) is 8.70. The molecule has 0 atom stereocenters. The monoisotopic (exact) mass is 375 g/mol. The predicted octanol–water partition coefficient (Wildman–Crippen LogP) is 0.528. The van der Waals surface area contributed by atoms with E-state index in [9.17, 15) is 13.2 Å². The number of fused-ring (bicyclic) bond motifs is 1. The molecular weight excluding hydrogens is 354 g/mol. The molecule has 2 aromatic rings. The summed E-state index contributed by atoms with van der Waals surface area (Å²) in [4.78, 5) is 18.7. The number of rotatable bonds is 3. The van der Waals surface area contributed by atoms with Crippen molar-refractivity contribution >= 4 is 21.7 Å². The molecule has 4 rings (SSSR count). The molecule has 138 valence electrons. The molecule has 0 aliphatic carbocycles. The quantitative estimate of drug-likeness (QED) is 0.845. The third kappa shape index (κ3) is 3.08. The third-order valence-electron chi connectivity index (χ3n) is 4.82. The second kappa shape index (κ2) is 6.73. The molecule has 2 aromatic heterocycles. The number of aromatic nitrogens is 2. The van der Waals surface area contributed by atoms with E-state index in [1.54, 1.807) is 17.0 Å². The molecule has 0 bridgehead atoms. The Morgan fingerprint density at radius 2 is 1.88 bits per heavy atom. The van der Waals surface area contributed by atoms with E-state index in [2.05, 4.69) is 15.2 Å². The van der Waals surface area contributed by atoms with Gasteiger partial charge in [0.15, 0.2) is 0 Å². The van der Waals surface area contributed by atoms with Crippen LogP contribution in [0, 0.1) is 0 Å². The fraction of sp³-hybridized carbons (Fsp3) is 0.412. The fourth-order valence-corrected chi connectivity index (χ4v) is 4.85. The van der Waals surface area contributed by atoms with Crippen molar-refractivity contribution in [3.05, 3.63) is 42.4 Å². The summed E-state index contributed by atoms with van der Waals surface area (Å²) in [6.45, 7) is 3.21. The number of pyridine rings is 1. The van der Waals surface area contributed by atoms with E-state index >= 15 is 0 Å². The van der Waals surface area contributed by atoms with Crippen molar-refractivity contribution in [1.82, 2.24) is 19.2 Å². The van der Waals surface area contributed by atoms with Gasteiger partial charge >= 0.3 is 0 Å². The van der Waals surface area contributed by atoms with Gasteiger partial charge in [0.1, 0.15) is 16.4 Å². The molecule has 1 amide bonds. The highest BCUT2D eigenvalue weighted by molar-refractivity contribution is 7.89. The highest BCUT2D eigenvalue weighted by atomic mass is 32.2. The third-order valence-corrected chi connectivity index (χ3v) is 6.68. The minimum Gasteiger partial charge on any atom is -0.354 e. The lowest BCUT2D eigenvalue weighted by Gasteiger charge is -2.34. The van der Waals surface area contributed by atoms with Gasteiger partial charge in [-0.1, -0.05) is 6.07 Å². The maximum Gasteiger partial charge on any atom is 0.267 e. The number of aryl methyl sites for hydroxylation is 1. The molecule has 1 N–H and O–H groups in total. The van der Waals surface area contributed by atoms with Crippen LogP contribution in [0.15, 0.2) is 41.6 Å². The summed E-state index contributed by atoms with van der Waals surface area (Å²) >= 11 is 0. The summed E-state index contributed by atoms with van der Waals surface area (Å²) in [5.41, 5.74) is 0.410. The van der Waals surface area contributed by atoms with E-state index in [0.29, 0.717) is 45.0 Å². The Balaban J connectivity index is 1.51. The Labute approximate surface area is 152 Å². The molecule has 2 aliphatic rings. The zero-order valence-electron chi connectivity index (χ0n) is 14.3. The van der Waals surface area contributed by atoms with Gasteiger partial charge in [-0.25, -0.2) is 13.4 Å². The molecule has 0 unspecified atom stereocenters. The van der Waals surface area contributed by atoms with Crippen molar-refractivity contribution in [2.75, 3.05) is 37.6 Å². The number of carbonyl (C=O) groups excluding carboxylic acids is 1. The van der Waals surface area contributed by atoms with Crippen LogP contribution in [0.4, 0.5) is 5.82 Å². The summed E-state index contributed by atoms with van der Waals surface area (Å²) in [6.07, 6.45) is 4.11. The number of nitrogens with one attached hydrogen (secondary N) is 1. The predicted molar refractivity (Wildman–Crippen MR) is 96.6 cm³/mol. The SMILES string of the molecule is O=C1NCCCn2cc(S(=O)(=O)N3CCN(c4ccccn4)CC3)cc21. The van der Waals surface area contributed by atoms with Gasteiger partial charge in [-0.2, -0.15) is 4.31 Å². The summed E-state index contributed by atoms with van der Waals surface area (Å²) in [5, 5.41) is 2.79. The number of carbonyl (C=O) groups is 1. The molecule has 1 fully saturated rings. The highest BCUT2D eigenvalue weighted by Crippen LogP contribution is 2.23. The second-order valence-electron chi connectivity index (χ2n) is 6.44. The zero-order chi connectivity index (χ0) is 18.1. The van der Waals surface area contributed by atoms with Crippen LogP contribution < -0.4 is 10.2 Å². The van der Waals surface area contributed by atoms with E-state index in [1.807, 2.05) is 18.2 Å². The van der Waals surface area contributed by atoms with Crippen LogP contribution in [0.1, 0.15) is 16.9 Å². The average Bonchev–Trinajstić information content (AvgIpc) is 3.04. The van der Waals surface area contributed by atoms with Crippen LogP contribution in [0.2, 0.25) is 0 Å². The molecule has 26 heavy (non-hydrogen) atoms. The highest BCUT2D eigenvalue weighted by Gasteiger charge is 2.31. The van der Waals surface area contributed by atoms with E-state index in [4.69, 9.17) is 0 Å². The van der Waals surface area contributed by atoms with Crippen molar-refractivity contribution in [2.24, 2.45) is 0 Å². The lowest BCUT2D eigenvalue weighted by atomic mass is 10.3. The molecule has 4 heterocycles. The van der Waals surface area contributed by atoms with Gasteiger partial charge in [0.05, 0.1) is 0 Å². The largest absolute Gasteiger partial charge is 0.354 e. The second-order valence-corrected chi connectivity index (χ2v) is 8.38. The number of hydrogen-bond donors (Lipinski definition) is 1. The summed E-state index contributed by atoms with van der Waals surface area (Å²) in [5.74, 6) is 0.640. The van der Waals surface area contributed by atoms with Crippen molar-refractivity contribution in [3.8, 4) is 0 Å². The standard InChI is InChI=1S/C17H21N5O3S/c23-17-15-12-14(13-21(15)7-3-6-19-17)26(24,25)22-10-8-20(9-11-22)16-4-1-2-5-18-16/h1-2,4-5,12-13H,3,6-11H2,(H,19,23). The van der Waals surface area contributed by atoms with E-state index in [1.165, 1.54) is 10.4 Å². The normalized spacial score (nSPS) is 18.9. The van der Waals surface area contributed by atoms with Gasteiger partial charge in [-0.3, -0.25) is 4.79 Å². The van der Waals surface area contributed by atoms with Crippen molar-refractivity contribution < 1.29 is 13.2 Å². The molecule has 8 nitrogen and oxygen atoms in total. The fourth-order valence-electron chi connectivity index (χ4n) is 3.39. The van der Waals surface area contributed by atoms with Crippen molar-refractivity contribution in [3.63, 3.8) is 0 Å². The minimum atomic E-state index is -3.61. The lowest BCUT2D eigenvalue weighted by Crippen LogP contribution is -2.48. The molecule has 0 aromatic carbocycles. The summed E-state index contributed by atoms with van der Waals surface area (Å²) in [7, 11) is -3.61. The maximum atomic E-state index is 13.0. The lowest BCUT2D eigenvalue weighted by molar-refractivity contribution is 0.0951. The van der Waals surface area contributed by atoms with Crippen LogP contribution in [-0.2, 0) is 16.6 Å². The molecular formula is C17H21N5O3S. The molecule has 0 saturated carbocycles. The number of nitrogens with zero attached hydrogens (tertiary/aromatic N) is 4. The number of amides is 1. The Kier molecular flexibility index (Phi) is 4.41. The maximum absolute atomic E-state index is 13.0. The van der Waals surface area contributed by atoms with Gasteiger partial charge in [0.25, 0.3) is 5.91 Å². The number of sulfonamides is 1. The first-order valence-corrected chi connectivity index (χ1v) is 10.1. The summed E-state index contributed by atoms with van der Waals surface area (Å²) < 4.78 is 29.2.